The number of thioether (sulfide) groups is 1. The molecule has 2 aromatic rings. The minimum absolute atomic E-state index is 0. The SMILES string of the molecule is CC1(C)S[C@@H]2[C@H](N3C(=O)C(c4ccc(O)cc4)NC3c3ccc(S(=O)(=O)[O-])o3)C(=O)N2[C@H]1C(=O)[O-].[Na+].[Na+]. The number of hydrogen-bond acceptors (Lipinski definition) is 11. The maximum Gasteiger partial charge on any atom is 1.00 e. The molecule has 4 heterocycles. The van der Waals surface area contributed by atoms with Crippen molar-refractivity contribution in [1.29, 1.82) is 0 Å². The first-order valence-electron chi connectivity index (χ1n) is 10.4. The summed E-state index contributed by atoms with van der Waals surface area (Å²) in [5.74, 6) is -2.66. The number of aliphatic carboxylic acids is 1. The van der Waals surface area contributed by atoms with Crippen LogP contribution < -0.4 is 69.5 Å². The second-order valence-corrected chi connectivity index (χ2v) is 12.1. The molecule has 3 fully saturated rings. The molecule has 12 nitrogen and oxygen atoms in total. The number of phenols is 1. The number of rotatable bonds is 5. The number of carbonyl (C=O) groups excluding carboxylic acids is 3. The van der Waals surface area contributed by atoms with Gasteiger partial charge in [-0.1, -0.05) is 12.1 Å². The number of phenolic OH excluding ortho intramolecular Hbond substituents is 1. The first-order valence-corrected chi connectivity index (χ1v) is 12.7. The van der Waals surface area contributed by atoms with Crippen molar-refractivity contribution in [2.24, 2.45) is 0 Å². The van der Waals surface area contributed by atoms with E-state index in [1.165, 1.54) is 51.9 Å². The third-order valence-corrected chi connectivity index (χ3v) is 8.65. The van der Waals surface area contributed by atoms with Crippen LogP contribution in [0.15, 0.2) is 45.9 Å². The molecule has 5 atom stereocenters. The van der Waals surface area contributed by atoms with Crippen LogP contribution in [0, 0.1) is 0 Å². The number of aromatic hydroxyl groups is 1. The normalized spacial score (nSPS) is 28.2. The van der Waals surface area contributed by atoms with Gasteiger partial charge in [0.15, 0.2) is 10.1 Å². The van der Waals surface area contributed by atoms with E-state index in [0.717, 1.165) is 6.07 Å². The molecule has 0 spiro atoms. The molecule has 3 aliphatic heterocycles. The van der Waals surface area contributed by atoms with Gasteiger partial charge in [0.2, 0.25) is 16.9 Å². The molecule has 186 valence electrons. The minimum atomic E-state index is -4.91. The van der Waals surface area contributed by atoms with Crippen LogP contribution in [0.3, 0.4) is 0 Å². The second kappa shape index (κ2) is 10.5. The van der Waals surface area contributed by atoms with Gasteiger partial charge in [0.1, 0.15) is 35.1 Å². The standard InChI is InChI=1S/C21H21N3O9S2.2Na/c1-21(2)15(20(28)29)24-18(27)14(19(24)34-21)23-16(11-7-8-12(33-11)35(30,31)32)22-13(17(23)26)9-3-5-10(25)6-4-9;;/h3-8,13-16,19,22,25H,1-2H3,(H,28,29)(H,30,31,32);;/q;2*+1/p-2/t13?,14-,15+,16?,19-;;/m1../s1. The number of nitrogens with one attached hydrogen (secondary N) is 1. The van der Waals surface area contributed by atoms with Crippen molar-refractivity contribution in [1.82, 2.24) is 15.1 Å². The summed E-state index contributed by atoms with van der Waals surface area (Å²) in [6.45, 7) is 3.33. The molecule has 37 heavy (non-hydrogen) atoms. The topological polar surface area (TPSA) is 183 Å². The number of fused-ring (bicyclic) bond motifs is 1. The predicted molar refractivity (Wildman–Crippen MR) is 115 cm³/mol. The summed E-state index contributed by atoms with van der Waals surface area (Å²) in [6.07, 6.45) is -1.13. The van der Waals surface area contributed by atoms with Crippen LogP contribution in [0.1, 0.15) is 37.4 Å². The first-order chi connectivity index (χ1) is 16.3. The monoisotopic (exact) mass is 567 g/mol. The summed E-state index contributed by atoms with van der Waals surface area (Å²) in [6, 6.07) is 4.71. The Morgan fingerprint density at radius 2 is 1.70 bits per heavy atom. The van der Waals surface area contributed by atoms with E-state index >= 15 is 0 Å². The summed E-state index contributed by atoms with van der Waals surface area (Å²) in [5.41, 5.74) is 0.458. The van der Waals surface area contributed by atoms with Crippen molar-refractivity contribution in [3.8, 4) is 5.75 Å². The molecule has 0 saturated carbocycles. The number of hydrogen-bond donors (Lipinski definition) is 2. The molecule has 2 N–H and O–H groups in total. The van der Waals surface area contributed by atoms with Crippen molar-refractivity contribution < 1.29 is 101 Å². The molecule has 1 aromatic heterocycles. The summed E-state index contributed by atoms with van der Waals surface area (Å²) in [7, 11) is -4.91. The summed E-state index contributed by atoms with van der Waals surface area (Å²) in [4.78, 5) is 40.9. The van der Waals surface area contributed by atoms with E-state index in [0.29, 0.717) is 5.56 Å². The molecule has 0 aliphatic carbocycles. The van der Waals surface area contributed by atoms with Crippen LogP contribution in [0.25, 0.3) is 0 Å². The molecular weight excluding hydrogens is 548 g/mol. The quantitative estimate of drug-likeness (QED) is 0.199. The molecule has 3 saturated heterocycles. The third-order valence-electron chi connectivity index (χ3n) is 6.38. The van der Waals surface area contributed by atoms with Gasteiger partial charge in [-0.2, -0.15) is 0 Å². The Hall–Kier alpha value is -1.07. The van der Waals surface area contributed by atoms with E-state index in [4.69, 9.17) is 4.42 Å². The van der Waals surface area contributed by atoms with E-state index in [9.17, 15) is 37.6 Å². The van der Waals surface area contributed by atoms with Gasteiger partial charge in [-0.05, 0) is 43.7 Å². The summed E-state index contributed by atoms with van der Waals surface area (Å²) < 4.78 is 38.6. The molecule has 3 aliphatic rings. The molecule has 1 aromatic carbocycles. The molecule has 5 rings (SSSR count). The van der Waals surface area contributed by atoms with Crippen molar-refractivity contribution in [3.63, 3.8) is 0 Å². The van der Waals surface area contributed by atoms with E-state index < -0.39 is 67.4 Å². The van der Waals surface area contributed by atoms with Gasteiger partial charge < -0.3 is 33.8 Å². The zero-order chi connectivity index (χ0) is 25.4. The number of carbonyl (C=O) groups is 3. The summed E-state index contributed by atoms with van der Waals surface area (Å²) >= 11 is 1.21. The van der Waals surface area contributed by atoms with Crippen LogP contribution in [0.2, 0.25) is 0 Å². The van der Waals surface area contributed by atoms with Gasteiger partial charge in [0, 0.05) is 4.75 Å². The van der Waals surface area contributed by atoms with Crippen LogP contribution in [0.5, 0.6) is 5.75 Å². The van der Waals surface area contributed by atoms with Crippen molar-refractivity contribution in [2.45, 2.75) is 53.4 Å². The Balaban J connectivity index is 0.00000190. The zero-order valence-corrected chi connectivity index (χ0v) is 25.9. The van der Waals surface area contributed by atoms with E-state index in [1.54, 1.807) is 13.8 Å². The van der Waals surface area contributed by atoms with Gasteiger partial charge in [0.25, 0.3) is 0 Å². The molecule has 0 bridgehead atoms. The number of amides is 2. The average Bonchev–Trinajstić information content (AvgIpc) is 3.43. The molecule has 0 radical (unpaired) electrons. The van der Waals surface area contributed by atoms with E-state index in [2.05, 4.69) is 5.32 Å². The number of nitrogens with zero attached hydrogens (tertiary/aromatic N) is 2. The molecule has 2 unspecified atom stereocenters. The Labute approximate surface area is 260 Å². The minimum Gasteiger partial charge on any atom is -0.742 e. The van der Waals surface area contributed by atoms with E-state index in [1.807, 2.05) is 0 Å². The predicted octanol–water partition coefficient (Wildman–Crippen LogP) is -6.75. The Kier molecular flexibility index (Phi) is 8.63. The van der Waals surface area contributed by atoms with Crippen molar-refractivity contribution >= 4 is 39.7 Å². The van der Waals surface area contributed by atoms with Gasteiger partial charge in [0.05, 0.1) is 12.0 Å². The molecular formula is C21H19N3Na2O9S2. The van der Waals surface area contributed by atoms with E-state index in [-0.39, 0.29) is 70.6 Å². The van der Waals surface area contributed by atoms with Crippen molar-refractivity contribution in [2.75, 3.05) is 0 Å². The second-order valence-electron chi connectivity index (χ2n) is 8.97. The fourth-order valence-electron chi connectivity index (χ4n) is 4.85. The number of benzene rings is 1. The van der Waals surface area contributed by atoms with Gasteiger partial charge in [-0.25, -0.2) is 8.42 Å². The maximum atomic E-state index is 13.6. The molecule has 16 heteroatoms. The van der Waals surface area contributed by atoms with Gasteiger partial charge in [-0.3, -0.25) is 14.9 Å². The van der Waals surface area contributed by atoms with Gasteiger partial charge in [-0.15, -0.1) is 11.8 Å². The Morgan fingerprint density at radius 3 is 2.24 bits per heavy atom. The van der Waals surface area contributed by atoms with Crippen molar-refractivity contribution in [3.05, 3.63) is 47.7 Å². The maximum absolute atomic E-state index is 13.6. The molecule has 2 amide bonds. The first kappa shape index (κ1) is 30.5. The van der Waals surface area contributed by atoms with Gasteiger partial charge >= 0.3 is 59.1 Å². The van der Waals surface area contributed by atoms with Crippen LogP contribution in [-0.2, 0) is 24.5 Å². The smallest absolute Gasteiger partial charge is 0.742 e. The number of carboxylic acids is 1. The number of β-lactam (4-membered cyclic amide) rings is 1. The Morgan fingerprint density at radius 1 is 1.08 bits per heavy atom. The van der Waals surface area contributed by atoms with Crippen LogP contribution >= 0.6 is 11.8 Å². The largest absolute Gasteiger partial charge is 1.00 e. The average molecular weight is 568 g/mol. The Bertz CT molecular complexity index is 1350. The van der Waals surface area contributed by atoms with Crippen LogP contribution in [-0.4, -0.2) is 67.9 Å². The fourth-order valence-corrected chi connectivity index (χ4v) is 6.96. The number of furan rings is 1. The number of carboxylic acid groups (broad SMARTS) is 1. The zero-order valence-electron chi connectivity index (χ0n) is 20.3. The third kappa shape index (κ3) is 5.01. The van der Waals surface area contributed by atoms with Crippen LogP contribution in [0.4, 0.5) is 0 Å². The fraction of sp³-hybridized carbons (Fsp3) is 0.381. The summed E-state index contributed by atoms with van der Waals surface area (Å²) in [5, 5.41) is 22.8.